The second kappa shape index (κ2) is 7.19. The number of hydrogen-bond donors (Lipinski definition) is 2. The molecule has 7 heteroatoms. The standard InChI is InChI=1S/C17H18ClFN2O2S/c18-15-9-12(5-6-16(15)19)11-24(22,23)21-10-17-14-4-2-1-3-13(14)7-8-20-17/h1-6,9,17,20-21H,7-8,10-11H2. The molecule has 0 spiro atoms. The second-order valence-corrected chi connectivity index (χ2v) is 8.03. The van der Waals surface area contributed by atoms with Crippen LogP contribution in [0.4, 0.5) is 4.39 Å². The molecule has 1 atom stereocenters. The maximum absolute atomic E-state index is 13.2. The lowest BCUT2D eigenvalue weighted by Gasteiger charge is -2.27. The van der Waals surface area contributed by atoms with Crippen LogP contribution in [0.2, 0.25) is 5.02 Å². The van der Waals surface area contributed by atoms with E-state index in [0.717, 1.165) is 18.5 Å². The van der Waals surface area contributed by atoms with Crippen LogP contribution < -0.4 is 10.0 Å². The van der Waals surface area contributed by atoms with Crippen molar-refractivity contribution in [3.63, 3.8) is 0 Å². The summed E-state index contributed by atoms with van der Waals surface area (Å²) in [5.74, 6) is -0.796. The zero-order valence-corrected chi connectivity index (χ0v) is 14.5. The third-order valence-electron chi connectivity index (χ3n) is 4.06. The van der Waals surface area contributed by atoms with Crippen LogP contribution in [0.15, 0.2) is 42.5 Å². The highest BCUT2D eigenvalue weighted by Crippen LogP contribution is 2.22. The number of halogens is 2. The summed E-state index contributed by atoms with van der Waals surface area (Å²) in [7, 11) is -3.54. The highest BCUT2D eigenvalue weighted by atomic mass is 35.5. The Balaban J connectivity index is 1.66. The smallest absolute Gasteiger partial charge is 0.215 e. The lowest BCUT2D eigenvalue weighted by atomic mass is 9.95. The molecule has 2 aromatic carbocycles. The molecule has 0 radical (unpaired) electrons. The van der Waals surface area contributed by atoms with Gasteiger partial charge in [-0.3, -0.25) is 0 Å². The largest absolute Gasteiger partial charge is 0.308 e. The molecule has 4 nitrogen and oxygen atoms in total. The molecule has 2 N–H and O–H groups in total. The van der Waals surface area contributed by atoms with Crippen molar-refractivity contribution in [1.29, 1.82) is 0 Å². The van der Waals surface area contributed by atoms with Crippen molar-refractivity contribution >= 4 is 21.6 Å². The van der Waals surface area contributed by atoms with E-state index < -0.39 is 15.8 Å². The zero-order valence-electron chi connectivity index (χ0n) is 12.9. The Labute approximate surface area is 146 Å². The van der Waals surface area contributed by atoms with Crippen LogP contribution in [-0.4, -0.2) is 21.5 Å². The van der Waals surface area contributed by atoms with Crippen molar-refractivity contribution in [3.8, 4) is 0 Å². The Morgan fingerprint density at radius 1 is 1.25 bits per heavy atom. The summed E-state index contributed by atoms with van der Waals surface area (Å²) in [6.07, 6.45) is 0.938. The first-order chi connectivity index (χ1) is 11.4. The SMILES string of the molecule is O=S(=O)(Cc1ccc(F)c(Cl)c1)NCC1NCCc2ccccc21. The molecule has 1 aliphatic rings. The van der Waals surface area contributed by atoms with Crippen LogP contribution in [-0.2, 0) is 22.2 Å². The van der Waals surface area contributed by atoms with E-state index in [9.17, 15) is 12.8 Å². The van der Waals surface area contributed by atoms with Crippen molar-refractivity contribution in [3.05, 3.63) is 70.0 Å². The number of rotatable bonds is 5. The summed E-state index contributed by atoms with van der Waals surface area (Å²) in [6.45, 7) is 1.09. The third kappa shape index (κ3) is 4.13. The van der Waals surface area contributed by atoms with Gasteiger partial charge in [-0.2, -0.15) is 0 Å². The Hall–Kier alpha value is -1.47. The molecular weight excluding hydrogens is 351 g/mol. The molecule has 0 amide bonds. The van der Waals surface area contributed by atoms with E-state index in [4.69, 9.17) is 11.6 Å². The molecule has 0 aromatic heterocycles. The van der Waals surface area contributed by atoms with Gasteiger partial charge in [-0.1, -0.05) is 41.9 Å². The lowest BCUT2D eigenvalue weighted by Crippen LogP contribution is -2.39. The average Bonchev–Trinajstić information content (AvgIpc) is 2.56. The number of nitrogens with one attached hydrogen (secondary N) is 2. The van der Waals surface area contributed by atoms with Gasteiger partial charge in [0, 0.05) is 12.6 Å². The fourth-order valence-corrected chi connectivity index (χ4v) is 4.23. The van der Waals surface area contributed by atoms with Gasteiger partial charge in [-0.15, -0.1) is 0 Å². The lowest BCUT2D eigenvalue weighted by molar-refractivity contribution is 0.491. The molecule has 0 bridgehead atoms. The Morgan fingerprint density at radius 3 is 2.83 bits per heavy atom. The second-order valence-electron chi connectivity index (χ2n) is 5.81. The molecule has 1 unspecified atom stereocenters. The molecule has 0 saturated heterocycles. The summed E-state index contributed by atoms with van der Waals surface area (Å²) in [4.78, 5) is 0. The van der Waals surface area contributed by atoms with Crippen LogP contribution in [0.3, 0.4) is 0 Å². The Bertz CT molecular complexity index is 842. The first kappa shape index (κ1) is 17.4. The Morgan fingerprint density at radius 2 is 2.04 bits per heavy atom. The minimum atomic E-state index is -3.54. The minimum Gasteiger partial charge on any atom is -0.308 e. The van der Waals surface area contributed by atoms with Gasteiger partial charge in [-0.25, -0.2) is 17.5 Å². The summed E-state index contributed by atoms with van der Waals surface area (Å²) in [5.41, 5.74) is 2.81. The maximum atomic E-state index is 13.2. The van der Waals surface area contributed by atoms with Crippen molar-refractivity contribution in [2.24, 2.45) is 0 Å². The van der Waals surface area contributed by atoms with Crippen LogP contribution in [0.5, 0.6) is 0 Å². The summed E-state index contributed by atoms with van der Waals surface area (Å²) < 4.78 is 40.3. The first-order valence-electron chi connectivity index (χ1n) is 7.67. The highest BCUT2D eigenvalue weighted by molar-refractivity contribution is 7.88. The predicted molar refractivity (Wildman–Crippen MR) is 92.9 cm³/mol. The van der Waals surface area contributed by atoms with Gasteiger partial charge in [0.25, 0.3) is 0 Å². The minimum absolute atomic E-state index is 0.0541. The summed E-state index contributed by atoms with van der Waals surface area (Å²) in [6, 6.07) is 11.9. The molecule has 2 aromatic rings. The number of fused-ring (bicyclic) bond motifs is 1. The van der Waals surface area contributed by atoms with E-state index >= 15 is 0 Å². The van der Waals surface area contributed by atoms with Crippen LogP contribution in [0.1, 0.15) is 22.7 Å². The normalized spacial score (nSPS) is 17.5. The molecule has 1 aliphatic heterocycles. The molecule has 3 rings (SSSR count). The van der Waals surface area contributed by atoms with Gasteiger partial charge in [0.05, 0.1) is 10.8 Å². The molecule has 0 aliphatic carbocycles. The third-order valence-corrected chi connectivity index (χ3v) is 5.67. The monoisotopic (exact) mass is 368 g/mol. The van der Waals surface area contributed by atoms with Gasteiger partial charge < -0.3 is 5.32 Å². The van der Waals surface area contributed by atoms with Gasteiger partial charge in [-0.05, 0) is 41.8 Å². The van der Waals surface area contributed by atoms with E-state index in [1.165, 1.54) is 23.8 Å². The van der Waals surface area contributed by atoms with E-state index in [1.54, 1.807) is 0 Å². The number of benzene rings is 2. The number of hydrogen-bond acceptors (Lipinski definition) is 3. The van der Waals surface area contributed by atoms with Gasteiger partial charge in [0.1, 0.15) is 5.82 Å². The van der Waals surface area contributed by atoms with E-state index in [2.05, 4.69) is 16.1 Å². The van der Waals surface area contributed by atoms with Gasteiger partial charge in [0.15, 0.2) is 0 Å². The zero-order chi connectivity index (χ0) is 17.2. The van der Waals surface area contributed by atoms with Crippen molar-refractivity contribution < 1.29 is 12.8 Å². The fraction of sp³-hybridized carbons (Fsp3) is 0.294. The van der Waals surface area contributed by atoms with E-state index in [-0.39, 0.29) is 23.4 Å². The van der Waals surface area contributed by atoms with Crippen LogP contribution >= 0.6 is 11.6 Å². The maximum Gasteiger partial charge on any atom is 0.215 e. The molecule has 0 fully saturated rings. The molecule has 128 valence electrons. The number of sulfonamides is 1. The molecular formula is C17H18ClFN2O2S. The predicted octanol–water partition coefficient (Wildman–Crippen LogP) is 2.79. The molecule has 1 heterocycles. The van der Waals surface area contributed by atoms with Crippen LogP contribution in [0.25, 0.3) is 0 Å². The summed E-state index contributed by atoms with van der Waals surface area (Å²) in [5, 5.41) is 3.25. The Kier molecular flexibility index (Phi) is 5.20. The van der Waals surface area contributed by atoms with E-state index in [0.29, 0.717) is 5.56 Å². The fourth-order valence-electron chi connectivity index (χ4n) is 2.89. The quantitative estimate of drug-likeness (QED) is 0.853. The average molecular weight is 369 g/mol. The highest BCUT2D eigenvalue weighted by Gasteiger charge is 2.21. The van der Waals surface area contributed by atoms with Gasteiger partial charge >= 0.3 is 0 Å². The van der Waals surface area contributed by atoms with Gasteiger partial charge in [0.2, 0.25) is 10.0 Å². The van der Waals surface area contributed by atoms with Crippen molar-refractivity contribution in [2.45, 2.75) is 18.2 Å². The van der Waals surface area contributed by atoms with Crippen molar-refractivity contribution in [2.75, 3.05) is 13.1 Å². The summed E-state index contributed by atoms with van der Waals surface area (Å²) >= 11 is 5.70. The first-order valence-corrected chi connectivity index (χ1v) is 9.70. The molecule has 24 heavy (non-hydrogen) atoms. The topological polar surface area (TPSA) is 58.2 Å². The van der Waals surface area contributed by atoms with Crippen molar-refractivity contribution in [1.82, 2.24) is 10.0 Å². The molecule has 0 saturated carbocycles. The van der Waals surface area contributed by atoms with E-state index in [1.807, 2.05) is 18.2 Å². The van der Waals surface area contributed by atoms with Crippen LogP contribution in [0, 0.1) is 5.82 Å².